The minimum Gasteiger partial charge on any atom is -0.484 e. The fourth-order valence-corrected chi connectivity index (χ4v) is 1.87. The maximum absolute atomic E-state index is 11.7. The standard InChI is InChI=1S/C15H20N4O2/c1-19-10-13(9-18-19)6-7-17-15(20)11-21-14-4-2-12(8-16)3-5-14/h2-5,9-10H,6-8,11,16H2,1H3,(H,17,20). The maximum atomic E-state index is 11.7. The van der Waals surface area contributed by atoms with Gasteiger partial charge in [0.05, 0.1) is 6.20 Å². The second kappa shape index (κ2) is 7.44. The molecule has 1 amide bonds. The van der Waals surface area contributed by atoms with Gasteiger partial charge in [-0.05, 0) is 29.7 Å². The molecular formula is C15H20N4O2. The fourth-order valence-electron chi connectivity index (χ4n) is 1.87. The molecule has 6 heteroatoms. The second-order valence-electron chi connectivity index (χ2n) is 4.76. The summed E-state index contributed by atoms with van der Waals surface area (Å²) in [6.45, 7) is 1.07. The summed E-state index contributed by atoms with van der Waals surface area (Å²) in [5.74, 6) is 0.524. The van der Waals surface area contributed by atoms with Crippen molar-refractivity contribution in [3.63, 3.8) is 0 Å². The van der Waals surface area contributed by atoms with Gasteiger partial charge in [0.2, 0.25) is 0 Å². The SMILES string of the molecule is Cn1cc(CCNC(=O)COc2ccc(CN)cc2)cn1. The molecule has 112 valence electrons. The molecule has 3 N–H and O–H groups in total. The highest BCUT2D eigenvalue weighted by Crippen LogP contribution is 2.11. The van der Waals surface area contributed by atoms with Crippen molar-refractivity contribution in [3.8, 4) is 5.75 Å². The Balaban J connectivity index is 1.67. The number of nitrogens with two attached hydrogens (primary N) is 1. The Bertz CT molecular complexity index is 578. The van der Waals surface area contributed by atoms with E-state index < -0.39 is 0 Å². The Morgan fingerprint density at radius 2 is 2.10 bits per heavy atom. The van der Waals surface area contributed by atoms with Crippen molar-refractivity contribution >= 4 is 5.91 Å². The van der Waals surface area contributed by atoms with Crippen LogP contribution in [0.1, 0.15) is 11.1 Å². The van der Waals surface area contributed by atoms with Gasteiger partial charge in [-0.2, -0.15) is 5.10 Å². The van der Waals surface area contributed by atoms with E-state index >= 15 is 0 Å². The quantitative estimate of drug-likeness (QED) is 0.782. The number of ether oxygens (including phenoxy) is 1. The first-order chi connectivity index (χ1) is 10.2. The number of rotatable bonds is 7. The van der Waals surface area contributed by atoms with Crippen LogP contribution in [0.15, 0.2) is 36.7 Å². The molecule has 0 saturated carbocycles. The molecule has 1 heterocycles. The summed E-state index contributed by atoms with van der Waals surface area (Å²) in [4.78, 5) is 11.7. The van der Waals surface area contributed by atoms with E-state index in [2.05, 4.69) is 10.4 Å². The Labute approximate surface area is 123 Å². The van der Waals surface area contributed by atoms with E-state index in [4.69, 9.17) is 10.5 Å². The zero-order valence-corrected chi connectivity index (χ0v) is 12.1. The molecule has 0 spiro atoms. The third-order valence-corrected chi connectivity index (χ3v) is 3.02. The molecule has 2 rings (SSSR count). The van der Waals surface area contributed by atoms with E-state index in [1.54, 1.807) is 10.9 Å². The summed E-state index contributed by atoms with van der Waals surface area (Å²) in [6.07, 6.45) is 4.48. The van der Waals surface area contributed by atoms with Crippen molar-refractivity contribution in [2.24, 2.45) is 12.8 Å². The number of aromatic nitrogens is 2. The van der Waals surface area contributed by atoms with Crippen molar-refractivity contribution in [1.29, 1.82) is 0 Å². The maximum Gasteiger partial charge on any atom is 0.257 e. The Hall–Kier alpha value is -2.34. The van der Waals surface area contributed by atoms with Crippen LogP contribution in [0.3, 0.4) is 0 Å². The predicted octanol–water partition coefficient (Wildman–Crippen LogP) is 0.616. The van der Waals surface area contributed by atoms with Gasteiger partial charge in [-0.1, -0.05) is 12.1 Å². The van der Waals surface area contributed by atoms with Gasteiger partial charge in [0.1, 0.15) is 5.75 Å². The van der Waals surface area contributed by atoms with Crippen LogP contribution in [0, 0.1) is 0 Å². The molecule has 0 aliphatic rings. The smallest absolute Gasteiger partial charge is 0.257 e. The topological polar surface area (TPSA) is 82.2 Å². The van der Waals surface area contributed by atoms with Crippen molar-refractivity contribution in [3.05, 3.63) is 47.8 Å². The number of amides is 1. The first-order valence-corrected chi connectivity index (χ1v) is 6.83. The van der Waals surface area contributed by atoms with Gasteiger partial charge in [0.25, 0.3) is 5.91 Å². The second-order valence-corrected chi connectivity index (χ2v) is 4.76. The molecule has 0 radical (unpaired) electrons. The minimum absolute atomic E-state index is 0.00894. The average molecular weight is 288 g/mol. The van der Waals surface area contributed by atoms with Gasteiger partial charge < -0.3 is 15.8 Å². The molecule has 0 unspecified atom stereocenters. The number of hydrogen-bond acceptors (Lipinski definition) is 4. The van der Waals surface area contributed by atoms with Gasteiger partial charge in [-0.3, -0.25) is 9.48 Å². The molecule has 2 aromatic rings. The highest BCUT2D eigenvalue weighted by molar-refractivity contribution is 5.77. The number of carbonyl (C=O) groups is 1. The van der Waals surface area contributed by atoms with Crippen molar-refractivity contribution < 1.29 is 9.53 Å². The molecule has 0 fully saturated rings. The van der Waals surface area contributed by atoms with Crippen LogP contribution >= 0.6 is 0 Å². The highest BCUT2D eigenvalue weighted by Gasteiger charge is 2.03. The summed E-state index contributed by atoms with van der Waals surface area (Å²) in [5, 5.41) is 6.89. The van der Waals surface area contributed by atoms with E-state index in [0.717, 1.165) is 17.5 Å². The molecule has 1 aromatic carbocycles. The molecule has 0 aliphatic heterocycles. The van der Waals surface area contributed by atoms with E-state index in [1.807, 2.05) is 37.5 Å². The molecule has 21 heavy (non-hydrogen) atoms. The van der Waals surface area contributed by atoms with Gasteiger partial charge in [-0.15, -0.1) is 0 Å². The first-order valence-electron chi connectivity index (χ1n) is 6.83. The van der Waals surface area contributed by atoms with E-state index in [-0.39, 0.29) is 12.5 Å². The Morgan fingerprint density at radius 1 is 1.33 bits per heavy atom. The third-order valence-electron chi connectivity index (χ3n) is 3.02. The number of nitrogens with one attached hydrogen (secondary N) is 1. The number of benzene rings is 1. The summed E-state index contributed by atoms with van der Waals surface area (Å²) in [7, 11) is 1.87. The third kappa shape index (κ3) is 4.92. The molecule has 0 saturated heterocycles. The summed E-state index contributed by atoms with van der Waals surface area (Å²) >= 11 is 0. The lowest BCUT2D eigenvalue weighted by atomic mass is 10.2. The molecule has 6 nitrogen and oxygen atoms in total. The van der Waals surface area contributed by atoms with Gasteiger partial charge in [0, 0.05) is 26.3 Å². The zero-order valence-electron chi connectivity index (χ0n) is 12.1. The lowest BCUT2D eigenvalue weighted by Gasteiger charge is -2.07. The number of nitrogens with zero attached hydrogens (tertiary/aromatic N) is 2. The van der Waals surface area contributed by atoms with Gasteiger partial charge >= 0.3 is 0 Å². The monoisotopic (exact) mass is 288 g/mol. The zero-order chi connectivity index (χ0) is 15.1. The fraction of sp³-hybridized carbons (Fsp3) is 0.333. The van der Waals surface area contributed by atoms with Crippen LogP contribution in [0.5, 0.6) is 5.75 Å². The number of carbonyl (C=O) groups excluding carboxylic acids is 1. The molecule has 1 aromatic heterocycles. The van der Waals surface area contributed by atoms with Crippen LogP contribution < -0.4 is 15.8 Å². The van der Waals surface area contributed by atoms with Crippen LogP contribution in [-0.2, 0) is 24.8 Å². The van der Waals surface area contributed by atoms with Crippen molar-refractivity contribution in [2.45, 2.75) is 13.0 Å². The highest BCUT2D eigenvalue weighted by atomic mass is 16.5. The lowest BCUT2D eigenvalue weighted by molar-refractivity contribution is -0.123. The first kappa shape index (κ1) is 15.1. The molecule has 0 bridgehead atoms. The molecule has 0 atom stereocenters. The normalized spacial score (nSPS) is 10.4. The van der Waals surface area contributed by atoms with E-state index in [0.29, 0.717) is 18.8 Å². The van der Waals surface area contributed by atoms with Crippen LogP contribution in [0.4, 0.5) is 0 Å². The van der Waals surface area contributed by atoms with Crippen LogP contribution in [0.2, 0.25) is 0 Å². The van der Waals surface area contributed by atoms with E-state index in [1.165, 1.54) is 0 Å². The largest absolute Gasteiger partial charge is 0.484 e. The van der Waals surface area contributed by atoms with Crippen molar-refractivity contribution in [2.75, 3.05) is 13.2 Å². The minimum atomic E-state index is -0.137. The molecular weight excluding hydrogens is 268 g/mol. The lowest BCUT2D eigenvalue weighted by Crippen LogP contribution is -2.30. The Kier molecular flexibility index (Phi) is 5.34. The number of hydrogen-bond donors (Lipinski definition) is 2. The van der Waals surface area contributed by atoms with E-state index in [9.17, 15) is 4.79 Å². The average Bonchev–Trinajstić information content (AvgIpc) is 2.91. The van der Waals surface area contributed by atoms with Crippen LogP contribution in [-0.4, -0.2) is 28.8 Å². The van der Waals surface area contributed by atoms with Gasteiger partial charge in [0.15, 0.2) is 6.61 Å². The predicted molar refractivity (Wildman–Crippen MR) is 79.8 cm³/mol. The summed E-state index contributed by atoms with van der Waals surface area (Å²) < 4.78 is 7.15. The summed E-state index contributed by atoms with van der Waals surface area (Å²) in [6, 6.07) is 7.39. The Morgan fingerprint density at radius 3 is 2.71 bits per heavy atom. The molecule has 0 aliphatic carbocycles. The van der Waals surface area contributed by atoms with Gasteiger partial charge in [-0.25, -0.2) is 0 Å². The van der Waals surface area contributed by atoms with Crippen molar-refractivity contribution in [1.82, 2.24) is 15.1 Å². The summed E-state index contributed by atoms with van der Waals surface area (Å²) in [5.41, 5.74) is 7.64. The van der Waals surface area contributed by atoms with Crippen LogP contribution in [0.25, 0.3) is 0 Å². The number of aryl methyl sites for hydroxylation is 1.